The van der Waals surface area contributed by atoms with E-state index in [1.54, 1.807) is 7.11 Å². The molecule has 0 aliphatic carbocycles. The Hall–Kier alpha value is -0.990. The Labute approximate surface area is 139 Å². The van der Waals surface area contributed by atoms with Gasteiger partial charge in [0.15, 0.2) is 0 Å². The number of nitrogens with one attached hydrogen (secondary N) is 1. The first kappa shape index (κ1) is 20.1. The fourth-order valence-electron chi connectivity index (χ4n) is 2.08. The number of benzene rings is 1. The Balaban J connectivity index is 2.52. The summed E-state index contributed by atoms with van der Waals surface area (Å²) in [5.41, 5.74) is 2.26. The molecular formula is C16H28N2O4S. The van der Waals surface area contributed by atoms with E-state index >= 15 is 0 Å². The number of sulfonamides is 1. The molecule has 0 fully saturated rings. The summed E-state index contributed by atoms with van der Waals surface area (Å²) < 4.78 is 36.8. The molecule has 6 nitrogen and oxygen atoms in total. The summed E-state index contributed by atoms with van der Waals surface area (Å²) in [4.78, 5) is 2.00. The minimum atomic E-state index is -3.36. The van der Waals surface area contributed by atoms with Crippen LogP contribution in [0.5, 0.6) is 0 Å². The second kappa shape index (κ2) is 10.00. The van der Waals surface area contributed by atoms with Crippen LogP contribution in [0, 0.1) is 6.92 Å². The largest absolute Gasteiger partial charge is 0.382 e. The van der Waals surface area contributed by atoms with Crippen LogP contribution in [0.25, 0.3) is 0 Å². The quantitative estimate of drug-likeness (QED) is 0.611. The van der Waals surface area contributed by atoms with E-state index in [4.69, 9.17) is 9.47 Å². The van der Waals surface area contributed by atoms with Gasteiger partial charge in [0, 0.05) is 19.7 Å². The monoisotopic (exact) mass is 344 g/mol. The number of methoxy groups -OCH3 is 1. The van der Waals surface area contributed by atoms with Gasteiger partial charge >= 0.3 is 0 Å². The van der Waals surface area contributed by atoms with Gasteiger partial charge in [-0.15, -0.1) is 0 Å². The summed E-state index contributed by atoms with van der Waals surface area (Å²) in [5, 5.41) is 0. The van der Waals surface area contributed by atoms with Gasteiger partial charge in [-0.05, 0) is 26.6 Å². The summed E-state index contributed by atoms with van der Waals surface area (Å²) in [5.74, 6) is -0.0508. The van der Waals surface area contributed by atoms with Crippen molar-refractivity contribution in [1.82, 2.24) is 9.62 Å². The zero-order chi connectivity index (χ0) is 17.3. The average molecular weight is 344 g/mol. The van der Waals surface area contributed by atoms with Gasteiger partial charge < -0.3 is 14.4 Å². The Morgan fingerprint density at radius 2 is 1.78 bits per heavy atom. The lowest BCUT2D eigenvalue weighted by atomic mass is 10.0. The molecule has 1 rings (SSSR count). The van der Waals surface area contributed by atoms with Crippen molar-refractivity contribution in [1.29, 1.82) is 0 Å². The summed E-state index contributed by atoms with van der Waals surface area (Å²) in [7, 11) is 2.10. The maximum absolute atomic E-state index is 12.0. The Bertz CT molecular complexity index is 544. The van der Waals surface area contributed by atoms with Crippen LogP contribution in [0.4, 0.5) is 0 Å². The van der Waals surface area contributed by atoms with Crippen molar-refractivity contribution in [3.63, 3.8) is 0 Å². The fourth-order valence-corrected chi connectivity index (χ4v) is 2.97. The van der Waals surface area contributed by atoms with Crippen LogP contribution in [0.1, 0.15) is 17.2 Å². The van der Waals surface area contributed by atoms with E-state index in [1.807, 2.05) is 50.2 Å². The minimum Gasteiger partial charge on any atom is -0.382 e. The molecule has 1 atom stereocenters. The number of hydrogen-bond donors (Lipinski definition) is 1. The molecule has 23 heavy (non-hydrogen) atoms. The van der Waals surface area contributed by atoms with E-state index in [0.717, 1.165) is 5.56 Å². The highest BCUT2D eigenvalue weighted by Gasteiger charge is 2.18. The second-order valence-corrected chi connectivity index (χ2v) is 7.59. The third kappa shape index (κ3) is 7.90. The molecule has 0 saturated carbocycles. The van der Waals surface area contributed by atoms with Gasteiger partial charge in [0.05, 0.1) is 25.6 Å². The molecule has 0 aliphatic heterocycles. The highest BCUT2D eigenvalue weighted by atomic mass is 32.2. The first-order valence-electron chi connectivity index (χ1n) is 7.62. The van der Waals surface area contributed by atoms with E-state index in [-0.39, 0.29) is 18.4 Å². The molecule has 0 aliphatic rings. The standard InChI is InChI=1S/C16H28N2O4S/c1-14-5-7-15(8-6-14)16(18(2)3)13-17-23(19,20)12-11-22-10-9-21-4/h5-8,16-17H,9-13H2,1-4H3. The van der Waals surface area contributed by atoms with Crippen LogP contribution in [0.2, 0.25) is 0 Å². The van der Waals surface area contributed by atoms with Crippen molar-refractivity contribution in [3.05, 3.63) is 35.4 Å². The third-order valence-corrected chi connectivity index (χ3v) is 4.82. The predicted molar refractivity (Wildman–Crippen MR) is 92.1 cm³/mol. The zero-order valence-corrected chi connectivity index (χ0v) is 15.2. The normalized spacial score (nSPS) is 13.4. The zero-order valence-electron chi connectivity index (χ0n) is 14.4. The first-order valence-corrected chi connectivity index (χ1v) is 9.28. The van der Waals surface area contributed by atoms with Gasteiger partial charge in [-0.3, -0.25) is 0 Å². The van der Waals surface area contributed by atoms with Crippen LogP contribution in [-0.4, -0.2) is 66.6 Å². The molecule has 7 heteroatoms. The Morgan fingerprint density at radius 3 is 2.35 bits per heavy atom. The van der Waals surface area contributed by atoms with E-state index in [9.17, 15) is 8.42 Å². The lowest BCUT2D eigenvalue weighted by Gasteiger charge is -2.25. The average Bonchev–Trinajstić information content (AvgIpc) is 2.48. The summed E-state index contributed by atoms with van der Waals surface area (Å²) >= 11 is 0. The van der Waals surface area contributed by atoms with Crippen LogP contribution in [0.3, 0.4) is 0 Å². The van der Waals surface area contributed by atoms with Gasteiger partial charge in [0.1, 0.15) is 0 Å². The van der Waals surface area contributed by atoms with E-state index < -0.39 is 10.0 Å². The molecule has 0 saturated heterocycles. The third-order valence-electron chi connectivity index (χ3n) is 3.51. The first-order chi connectivity index (χ1) is 10.9. The van der Waals surface area contributed by atoms with Crippen LogP contribution < -0.4 is 4.72 Å². The smallest absolute Gasteiger partial charge is 0.213 e. The highest BCUT2D eigenvalue weighted by Crippen LogP contribution is 2.18. The topological polar surface area (TPSA) is 67.9 Å². The van der Waals surface area contributed by atoms with Crippen molar-refractivity contribution < 1.29 is 17.9 Å². The van der Waals surface area contributed by atoms with Crippen LogP contribution in [0.15, 0.2) is 24.3 Å². The predicted octanol–water partition coefficient (Wildman–Crippen LogP) is 1.18. The number of likely N-dealkylation sites (N-methyl/N-ethyl adjacent to an activating group) is 1. The Kier molecular flexibility index (Phi) is 8.72. The van der Waals surface area contributed by atoms with E-state index in [1.165, 1.54) is 5.56 Å². The van der Waals surface area contributed by atoms with Crippen molar-refractivity contribution in [2.75, 3.05) is 53.3 Å². The molecule has 0 spiro atoms. The molecule has 1 aromatic rings. The number of hydrogen-bond acceptors (Lipinski definition) is 5. The molecule has 1 unspecified atom stereocenters. The minimum absolute atomic E-state index is 0.0141. The number of nitrogens with zero attached hydrogens (tertiary/aromatic N) is 1. The van der Waals surface area contributed by atoms with Crippen molar-refractivity contribution >= 4 is 10.0 Å². The second-order valence-electron chi connectivity index (χ2n) is 5.66. The molecular weight excluding hydrogens is 316 g/mol. The molecule has 0 heterocycles. The molecule has 132 valence electrons. The summed E-state index contributed by atoms with van der Waals surface area (Å²) in [6, 6.07) is 8.11. The molecule has 1 N–H and O–H groups in total. The van der Waals surface area contributed by atoms with Gasteiger partial charge in [-0.2, -0.15) is 0 Å². The molecule has 0 bridgehead atoms. The molecule has 0 aromatic heterocycles. The number of ether oxygens (including phenoxy) is 2. The molecule has 1 aromatic carbocycles. The number of rotatable bonds is 11. The maximum Gasteiger partial charge on any atom is 0.213 e. The van der Waals surface area contributed by atoms with Crippen molar-refractivity contribution in [2.45, 2.75) is 13.0 Å². The lowest BCUT2D eigenvalue weighted by molar-refractivity contribution is 0.0784. The molecule has 0 radical (unpaired) electrons. The van der Waals surface area contributed by atoms with Gasteiger partial charge in [-0.1, -0.05) is 29.8 Å². The van der Waals surface area contributed by atoms with E-state index in [2.05, 4.69) is 4.72 Å². The van der Waals surface area contributed by atoms with Crippen LogP contribution >= 0.6 is 0 Å². The van der Waals surface area contributed by atoms with Crippen LogP contribution in [-0.2, 0) is 19.5 Å². The van der Waals surface area contributed by atoms with E-state index in [0.29, 0.717) is 19.8 Å². The Morgan fingerprint density at radius 1 is 1.13 bits per heavy atom. The highest BCUT2D eigenvalue weighted by molar-refractivity contribution is 7.89. The van der Waals surface area contributed by atoms with Gasteiger partial charge in [0.25, 0.3) is 0 Å². The van der Waals surface area contributed by atoms with Crippen molar-refractivity contribution in [2.24, 2.45) is 0 Å². The lowest BCUT2D eigenvalue weighted by Crippen LogP contribution is -2.36. The van der Waals surface area contributed by atoms with Gasteiger partial charge in [0.2, 0.25) is 10.0 Å². The summed E-state index contributed by atoms with van der Waals surface area (Å²) in [6.45, 7) is 3.38. The fraction of sp³-hybridized carbons (Fsp3) is 0.625. The SMILES string of the molecule is COCCOCCS(=O)(=O)NCC(c1ccc(C)cc1)N(C)C. The van der Waals surface area contributed by atoms with Gasteiger partial charge in [-0.25, -0.2) is 13.1 Å². The summed E-state index contributed by atoms with van der Waals surface area (Å²) in [6.07, 6.45) is 0. The van der Waals surface area contributed by atoms with Crippen molar-refractivity contribution in [3.8, 4) is 0 Å². The molecule has 0 amide bonds. The number of aryl methyl sites for hydroxylation is 1. The maximum atomic E-state index is 12.0.